The molecule has 2 rings (SSSR count). The van der Waals surface area contributed by atoms with Crippen molar-refractivity contribution in [3.63, 3.8) is 0 Å². The second kappa shape index (κ2) is 9.78. The van der Waals surface area contributed by atoms with Crippen LogP contribution in [0.25, 0.3) is 11.1 Å². The first-order chi connectivity index (χ1) is 12.5. The van der Waals surface area contributed by atoms with Crippen LogP contribution in [-0.2, 0) is 14.9 Å². The van der Waals surface area contributed by atoms with Crippen LogP contribution < -0.4 is 14.2 Å². The number of benzene rings is 1. The van der Waals surface area contributed by atoms with Crippen molar-refractivity contribution in [1.29, 1.82) is 0 Å². The maximum Gasteiger partial charge on any atom is 0.300 e. The Morgan fingerprint density at radius 3 is 2.58 bits per heavy atom. The van der Waals surface area contributed by atoms with E-state index in [-0.39, 0.29) is 38.1 Å². The predicted molar refractivity (Wildman–Crippen MR) is 100 cm³/mol. The van der Waals surface area contributed by atoms with Gasteiger partial charge in [-0.05, 0) is 17.7 Å². The van der Waals surface area contributed by atoms with E-state index in [4.69, 9.17) is 14.6 Å². The van der Waals surface area contributed by atoms with Crippen LogP contribution in [0.3, 0.4) is 0 Å². The van der Waals surface area contributed by atoms with E-state index in [0.29, 0.717) is 11.1 Å². The molecular formula is C15H19BrN4O5S. The molecule has 0 aliphatic carbocycles. The van der Waals surface area contributed by atoms with Gasteiger partial charge in [-0.15, -0.1) is 0 Å². The van der Waals surface area contributed by atoms with Crippen LogP contribution in [0.5, 0.6) is 5.88 Å². The smallest absolute Gasteiger partial charge is 0.300 e. The van der Waals surface area contributed by atoms with Crippen LogP contribution in [0.15, 0.2) is 35.1 Å². The van der Waals surface area contributed by atoms with Gasteiger partial charge in [0.2, 0.25) is 5.88 Å². The minimum Gasteiger partial charge on any atom is -0.475 e. The van der Waals surface area contributed by atoms with Crippen LogP contribution in [0, 0.1) is 0 Å². The standard InChI is InChI=1S/C15H19BrN4O5S/c1-24-8-6-19-26(22,23)20-14-13(11-2-4-12(16)5-3-11)15(18-10-17-14)25-9-7-21/h2-5,10,19,21H,6-9H2,1H3,(H,17,18,20). The van der Waals surface area contributed by atoms with Gasteiger partial charge in [0.1, 0.15) is 12.9 Å². The summed E-state index contributed by atoms with van der Waals surface area (Å²) in [6.07, 6.45) is 1.18. The monoisotopic (exact) mass is 446 g/mol. The summed E-state index contributed by atoms with van der Waals surface area (Å²) in [5, 5.41) is 8.99. The van der Waals surface area contributed by atoms with Gasteiger partial charge >= 0.3 is 0 Å². The van der Waals surface area contributed by atoms with Crippen molar-refractivity contribution in [3.05, 3.63) is 35.1 Å². The second-order valence-electron chi connectivity index (χ2n) is 4.97. The van der Waals surface area contributed by atoms with Gasteiger partial charge in [0.05, 0.1) is 18.8 Å². The van der Waals surface area contributed by atoms with E-state index < -0.39 is 10.2 Å². The minimum absolute atomic E-state index is 0.0127. The molecule has 142 valence electrons. The number of rotatable bonds is 10. The lowest BCUT2D eigenvalue weighted by Gasteiger charge is -2.15. The molecule has 2 aromatic rings. The Labute approximate surface area is 160 Å². The molecule has 26 heavy (non-hydrogen) atoms. The van der Waals surface area contributed by atoms with Gasteiger partial charge in [0, 0.05) is 18.1 Å². The average Bonchev–Trinajstić information content (AvgIpc) is 2.61. The largest absolute Gasteiger partial charge is 0.475 e. The molecule has 1 heterocycles. The average molecular weight is 447 g/mol. The maximum absolute atomic E-state index is 12.2. The van der Waals surface area contributed by atoms with Crippen LogP contribution in [0.4, 0.5) is 5.82 Å². The summed E-state index contributed by atoms with van der Waals surface area (Å²) in [7, 11) is -2.39. The fourth-order valence-electron chi connectivity index (χ4n) is 2.02. The predicted octanol–water partition coefficient (Wildman–Crippen LogP) is 1.17. The van der Waals surface area contributed by atoms with Crippen molar-refractivity contribution >= 4 is 32.0 Å². The first kappa shape index (κ1) is 20.5. The van der Waals surface area contributed by atoms with Gasteiger partial charge in [-0.25, -0.2) is 9.97 Å². The lowest BCUT2D eigenvalue weighted by Crippen LogP contribution is -2.33. The molecule has 0 unspecified atom stereocenters. The zero-order chi connectivity index (χ0) is 19.0. The summed E-state index contributed by atoms with van der Waals surface area (Å²) < 4.78 is 40.3. The van der Waals surface area contributed by atoms with E-state index in [9.17, 15) is 8.42 Å². The van der Waals surface area contributed by atoms with Gasteiger partial charge in [-0.1, -0.05) is 28.1 Å². The van der Waals surface area contributed by atoms with Gasteiger partial charge in [-0.3, -0.25) is 4.72 Å². The Morgan fingerprint density at radius 1 is 1.19 bits per heavy atom. The lowest BCUT2D eigenvalue weighted by molar-refractivity contribution is 0.197. The molecule has 0 bridgehead atoms. The molecule has 0 radical (unpaired) electrons. The Bertz CT molecular complexity index is 817. The molecule has 0 amide bonds. The Hall–Kier alpha value is -1.79. The molecule has 0 fully saturated rings. The van der Waals surface area contributed by atoms with Crippen molar-refractivity contribution in [1.82, 2.24) is 14.7 Å². The number of aliphatic hydroxyl groups is 1. The normalized spacial score (nSPS) is 11.3. The third-order valence-electron chi connectivity index (χ3n) is 3.10. The molecule has 0 spiro atoms. The van der Waals surface area contributed by atoms with E-state index in [1.165, 1.54) is 13.4 Å². The van der Waals surface area contributed by atoms with Gasteiger partial charge in [0.15, 0.2) is 5.82 Å². The first-order valence-corrected chi connectivity index (χ1v) is 9.85. The van der Waals surface area contributed by atoms with Crippen molar-refractivity contribution < 1.29 is 23.0 Å². The molecule has 9 nitrogen and oxygen atoms in total. The highest BCUT2D eigenvalue weighted by molar-refractivity contribution is 9.10. The fourth-order valence-corrected chi connectivity index (χ4v) is 3.11. The number of halogens is 1. The van der Waals surface area contributed by atoms with Crippen LogP contribution in [-0.4, -0.2) is 57.0 Å². The number of methoxy groups -OCH3 is 1. The number of anilines is 1. The molecule has 0 saturated carbocycles. The molecule has 0 atom stereocenters. The number of aliphatic hydroxyl groups excluding tert-OH is 1. The number of hydrogen-bond acceptors (Lipinski definition) is 7. The van der Waals surface area contributed by atoms with Crippen molar-refractivity contribution in [2.75, 3.05) is 38.2 Å². The zero-order valence-corrected chi connectivity index (χ0v) is 16.4. The van der Waals surface area contributed by atoms with E-state index >= 15 is 0 Å². The third-order valence-corrected chi connectivity index (χ3v) is 4.68. The number of nitrogens with zero attached hydrogens (tertiary/aromatic N) is 2. The Kier molecular flexibility index (Phi) is 7.72. The van der Waals surface area contributed by atoms with E-state index in [0.717, 1.165) is 4.47 Å². The van der Waals surface area contributed by atoms with Gasteiger partial charge in [0.25, 0.3) is 10.2 Å². The highest BCUT2D eigenvalue weighted by Gasteiger charge is 2.19. The van der Waals surface area contributed by atoms with Crippen LogP contribution >= 0.6 is 15.9 Å². The quantitative estimate of drug-likeness (QED) is 0.468. The van der Waals surface area contributed by atoms with Crippen molar-refractivity contribution in [2.24, 2.45) is 0 Å². The van der Waals surface area contributed by atoms with Gasteiger partial charge < -0.3 is 14.6 Å². The fraction of sp³-hybridized carbons (Fsp3) is 0.333. The van der Waals surface area contributed by atoms with Crippen molar-refractivity contribution in [3.8, 4) is 17.0 Å². The molecule has 0 aliphatic rings. The molecule has 3 N–H and O–H groups in total. The number of aromatic nitrogens is 2. The molecular weight excluding hydrogens is 428 g/mol. The lowest BCUT2D eigenvalue weighted by atomic mass is 10.1. The van der Waals surface area contributed by atoms with Crippen molar-refractivity contribution in [2.45, 2.75) is 0 Å². The summed E-state index contributed by atoms with van der Waals surface area (Å²) in [6, 6.07) is 7.13. The summed E-state index contributed by atoms with van der Waals surface area (Å²) in [4.78, 5) is 8.08. The van der Waals surface area contributed by atoms with E-state index in [1.54, 1.807) is 24.3 Å². The van der Waals surface area contributed by atoms with E-state index in [2.05, 4.69) is 35.3 Å². The molecule has 0 aliphatic heterocycles. The molecule has 1 aromatic heterocycles. The topological polar surface area (TPSA) is 123 Å². The minimum atomic E-state index is -3.87. The zero-order valence-electron chi connectivity index (χ0n) is 14.0. The second-order valence-corrected chi connectivity index (χ2v) is 7.39. The SMILES string of the molecule is COCCNS(=O)(=O)Nc1ncnc(OCCO)c1-c1ccc(Br)cc1. The van der Waals surface area contributed by atoms with Gasteiger partial charge in [-0.2, -0.15) is 13.1 Å². The molecule has 1 aromatic carbocycles. The molecule has 11 heteroatoms. The van der Waals surface area contributed by atoms with Crippen LogP contribution in [0.2, 0.25) is 0 Å². The number of hydrogen-bond donors (Lipinski definition) is 3. The first-order valence-electron chi connectivity index (χ1n) is 7.58. The highest BCUT2D eigenvalue weighted by atomic mass is 79.9. The number of nitrogens with one attached hydrogen (secondary N) is 2. The summed E-state index contributed by atoms with van der Waals surface area (Å²) >= 11 is 3.35. The van der Waals surface area contributed by atoms with E-state index in [1.807, 2.05) is 0 Å². The third kappa shape index (κ3) is 5.88. The molecule has 0 saturated heterocycles. The highest BCUT2D eigenvalue weighted by Crippen LogP contribution is 2.34. The Morgan fingerprint density at radius 2 is 1.92 bits per heavy atom. The maximum atomic E-state index is 12.2. The summed E-state index contributed by atoms with van der Waals surface area (Å²) in [5.74, 6) is 0.214. The van der Waals surface area contributed by atoms with Crippen LogP contribution in [0.1, 0.15) is 0 Å². The summed E-state index contributed by atoms with van der Waals surface area (Å²) in [5.41, 5.74) is 1.02. The number of ether oxygens (including phenoxy) is 2. The summed E-state index contributed by atoms with van der Waals surface area (Å²) in [6.45, 7) is 0.149. The Balaban J connectivity index is 2.40.